The van der Waals surface area contributed by atoms with Crippen molar-refractivity contribution in [3.63, 3.8) is 0 Å². The van der Waals surface area contributed by atoms with Crippen LogP contribution in [-0.4, -0.2) is 59.5 Å². The summed E-state index contributed by atoms with van der Waals surface area (Å²) in [6.07, 6.45) is 3.72. The zero-order valence-electron chi connectivity index (χ0n) is 17.7. The summed E-state index contributed by atoms with van der Waals surface area (Å²) in [7, 11) is -3.44. The highest BCUT2D eigenvalue weighted by atomic mass is 32.2. The minimum Gasteiger partial charge on any atom is -0.339 e. The lowest BCUT2D eigenvalue weighted by Gasteiger charge is -2.32. The second kappa shape index (κ2) is 8.51. The molecule has 1 aromatic carbocycles. The van der Waals surface area contributed by atoms with Crippen LogP contribution in [0.15, 0.2) is 35.2 Å². The average Bonchev–Trinajstić information content (AvgIpc) is 3.39. The molecular formula is C22H30N4O3S. The number of benzene rings is 1. The van der Waals surface area contributed by atoms with Gasteiger partial charge in [0.15, 0.2) is 0 Å². The molecular weight excluding hydrogens is 400 g/mol. The standard InChI is InChI=1S/C22H30N4O3S/c1-17-15-18(2)26(23-17)16-19-9-13-24(14-10-19)22(27)20-5-7-21(8-6-20)30(28,29)25-11-3-4-12-25/h5-8,15,19H,3-4,9-14,16H2,1-2H3. The molecule has 0 spiro atoms. The summed E-state index contributed by atoms with van der Waals surface area (Å²) in [4.78, 5) is 15.0. The van der Waals surface area contributed by atoms with Gasteiger partial charge in [-0.1, -0.05) is 0 Å². The number of nitrogens with zero attached hydrogens (tertiary/aromatic N) is 4. The van der Waals surface area contributed by atoms with Crippen LogP contribution in [0.1, 0.15) is 47.4 Å². The van der Waals surface area contributed by atoms with E-state index in [1.165, 1.54) is 10.00 Å². The van der Waals surface area contributed by atoms with Gasteiger partial charge >= 0.3 is 0 Å². The van der Waals surface area contributed by atoms with Crippen molar-refractivity contribution in [2.24, 2.45) is 5.92 Å². The van der Waals surface area contributed by atoms with Gasteiger partial charge in [0.25, 0.3) is 5.91 Å². The molecule has 30 heavy (non-hydrogen) atoms. The lowest BCUT2D eigenvalue weighted by atomic mass is 9.96. The Morgan fingerprint density at radius 1 is 1.03 bits per heavy atom. The number of carbonyl (C=O) groups excluding carboxylic acids is 1. The fourth-order valence-corrected chi connectivity index (χ4v) is 5.97. The molecule has 0 N–H and O–H groups in total. The van der Waals surface area contributed by atoms with Crippen molar-refractivity contribution in [2.45, 2.75) is 51.0 Å². The quantitative estimate of drug-likeness (QED) is 0.731. The highest BCUT2D eigenvalue weighted by Crippen LogP contribution is 2.24. The van der Waals surface area contributed by atoms with Crippen molar-refractivity contribution in [3.05, 3.63) is 47.3 Å². The van der Waals surface area contributed by atoms with Gasteiger partial charge in [-0.3, -0.25) is 9.48 Å². The third-order valence-electron chi connectivity index (χ3n) is 6.24. The Morgan fingerprint density at radius 3 is 2.23 bits per heavy atom. The van der Waals surface area contributed by atoms with E-state index in [1.54, 1.807) is 24.3 Å². The maximum atomic E-state index is 12.9. The van der Waals surface area contributed by atoms with Crippen LogP contribution in [0.5, 0.6) is 0 Å². The molecule has 2 saturated heterocycles. The summed E-state index contributed by atoms with van der Waals surface area (Å²) in [5.41, 5.74) is 2.76. The van der Waals surface area contributed by atoms with Crippen LogP contribution in [0, 0.1) is 19.8 Å². The first-order valence-electron chi connectivity index (χ1n) is 10.7. The normalized spacial score (nSPS) is 18.8. The average molecular weight is 431 g/mol. The van der Waals surface area contributed by atoms with Gasteiger partial charge in [0, 0.05) is 44.0 Å². The summed E-state index contributed by atoms with van der Waals surface area (Å²) in [6.45, 7) is 7.57. The molecule has 2 fully saturated rings. The van der Waals surface area contributed by atoms with E-state index in [4.69, 9.17) is 0 Å². The van der Waals surface area contributed by atoms with E-state index in [0.29, 0.717) is 24.6 Å². The molecule has 2 aromatic rings. The Bertz CT molecular complexity index is 1000. The minimum atomic E-state index is -3.44. The summed E-state index contributed by atoms with van der Waals surface area (Å²) in [5, 5.41) is 4.55. The van der Waals surface area contributed by atoms with Gasteiger partial charge in [0.2, 0.25) is 10.0 Å². The largest absolute Gasteiger partial charge is 0.339 e. The molecule has 0 radical (unpaired) electrons. The van der Waals surface area contributed by atoms with Gasteiger partial charge in [0.1, 0.15) is 0 Å². The molecule has 2 aliphatic rings. The van der Waals surface area contributed by atoms with E-state index in [2.05, 4.69) is 22.8 Å². The second-order valence-electron chi connectivity index (χ2n) is 8.48. The minimum absolute atomic E-state index is 0.0234. The predicted octanol–water partition coefficient (Wildman–Crippen LogP) is 2.84. The molecule has 7 nitrogen and oxygen atoms in total. The maximum absolute atomic E-state index is 12.9. The Hall–Kier alpha value is -2.19. The summed E-state index contributed by atoms with van der Waals surface area (Å²) >= 11 is 0. The number of amides is 1. The lowest BCUT2D eigenvalue weighted by molar-refractivity contribution is 0.0680. The fraction of sp³-hybridized carbons (Fsp3) is 0.545. The van der Waals surface area contributed by atoms with Crippen LogP contribution in [0.4, 0.5) is 0 Å². The van der Waals surface area contributed by atoms with Crippen molar-refractivity contribution in [2.75, 3.05) is 26.2 Å². The molecule has 1 amide bonds. The van der Waals surface area contributed by atoms with E-state index >= 15 is 0 Å². The topological polar surface area (TPSA) is 75.5 Å². The van der Waals surface area contributed by atoms with Crippen LogP contribution >= 0.6 is 0 Å². The van der Waals surface area contributed by atoms with E-state index < -0.39 is 10.0 Å². The van der Waals surface area contributed by atoms with E-state index in [1.807, 2.05) is 11.8 Å². The van der Waals surface area contributed by atoms with Gasteiger partial charge in [0.05, 0.1) is 10.6 Å². The number of aromatic nitrogens is 2. The number of hydrogen-bond acceptors (Lipinski definition) is 4. The number of aryl methyl sites for hydroxylation is 2. The Balaban J connectivity index is 1.35. The van der Waals surface area contributed by atoms with Gasteiger partial charge in [-0.25, -0.2) is 8.42 Å². The number of likely N-dealkylation sites (tertiary alicyclic amines) is 1. The highest BCUT2D eigenvalue weighted by Gasteiger charge is 2.28. The van der Waals surface area contributed by atoms with Crippen molar-refractivity contribution in [3.8, 4) is 0 Å². The Morgan fingerprint density at radius 2 is 1.67 bits per heavy atom. The van der Waals surface area contributed by atoms with E-state index in [-0.39, 0.29) is 10.8 Å². The number of carbonyl (C=O) groups is 1. The zero-order valence-corrected chi connectivity index (χ0v) is 18.6. The smallest absolute Gasteiger partial charge is 0.253 e. The molecule has 0 atom stereocenters. The predicted molar refractivity (Wildman–Crippen MR) is 115 cm³/mol. The third-order valence-corrected chi connectivity index (χ3v) is 8.15. The molecule has 162 valence electrons. The van der Waals surface area contributed by atoms with Gasteiger partial charge in [-0.15, -0.1) is 0 Å². The number of rotatable bonds is 5. The summed E-state index contributed by atoms with van der Waals surface area (Å²) in [5.74, 6) is 0.490. The highest BCUT2D eigenvalue weighted by molar-refractivity contribution is 7.89. The molecule has 0 aliphatic carbocycles. The molecule has 1 aromatic heterocycles. The first kappa shape index (κ1) is 21.1. The van der Waals surface area contributed by atoms with Crippen LogP contribution in [0.3, 0.4) is 0 Å². The molecule has 2 aliphatic heterocycles. The van der Waals surface area contributed by atoms with Crippen molar-refractivity contribution in [1.82, 2.24) is 19.0 Å². The maximum Gasteiger partial charge on any atom is 0.253 e. The Labute approximate surface area is 178 Å². The molecule has 0 saturated carbocycles. The van der Waals surface area contributed by atoms with Gasteiger partial charge in [-0.2, -0.15) is 9.40 Å². The van der Waals surface area contributed by atoms with Gasteiger partial charge in [-0.05, 0) is 75.8 Å². The Kier molecular flexibility index (Phi) is 5.97. The van der Waals surface area contributed by atoms with E-state index in [0.717, 1.165) is 51.0 Å². The number of hydrogen-bond donors (Lipinski definition) is 0. The molecule has 3 heterocycles. The first-order valence-corrected chi connectivity index (χ1v) is 12.2. The van der Waals surface area contributed by atoms with Crippen molar-refractivity contribution < 1.29 is 13.2 Å². The monoisotopic (exact) mass is 430 g/mol. The summed E-state index contributed by atoms with van der Waals surface area (Å²) < 4.78 is 28.9. The van der Waals surface area contributed by atoms with Gasteiger partial charge < -0.3 is 4.90 Å². The van der Waals surface area contributed by atoms with Crippen molar-refractivity contribution >= 4 is 15.9 Å². The van der Waals surface area contributed by atoms with E-state index in [9.17, 15) is 13.2 Å². The first-order chi connectivity index (χ1) is 14.3. The molecule has 8 heteroatoms. The SMILES string of the molecule is Cc1cc(C)n(CC2CCN(C(=O)c3ccc(S(=O)(=O)N4CCCC4)cc3)CC2)n1. The van der Waals surface area contributed by atoms with Crippen LogP contribution in [-0.2, 0) is 16.6 Å². The summed E-state index contributed by atoms with van der Waals surface area (Å²) in [6, 6.07) is 8.51. The zero-order chi connectivity index (χ0) is 21.3. The second-order valence-corrected chi connectivity index (χ2v) is 10.4. The van der Waals surface area contributed by atoms with Crippen LogP contribution in [0.2, 0.25) is 0 Å². The molecule has 4 rings (SSSR count). The number of sulfonamides is 1. The molecule has 0 bridgehead atoms. The van der Waals surface area contributed by atoms with Crippen LogP contribution in [0.25, 0.3) is 0 Å². The fourth-order valence-electron chi connectivity index (χ4n) is 4.45. The third kappa shape index (κ3) is 4.30. The van der Waals surface area contributed by atoms with Crippen LogP contribution < -0.4 is 0 Å². The number of piperidine rings is 1. The molecule has 0 unspecified atom stereocenters. The van der Waals surface area contributed by atoms with Crippen molar-refractivity contribution in [1.29, 1.82) is 0 Å². The lowest BCUT2D eigenvalue weighted by Crippen LogP contribution is -2.39.